The van der Waals surface area contributed by atoms with Crippen molar-refractivity contribution in [3.63, 3.8) is 0 Å². The second-order valence-electron chi connectivity index (χ2n) is 5.99. The summed E-state index contributed by atoms with van der Waals surface area (Å²) in [5.74, 6) is 0.182. The second kappa shape index (κ2) is 10.2. The summed E-state index contributed by atoms with van der Waals surface area (Å²) in [5.41, 5.74) is 5.65. The summed E-state index contributed by atoms with van der Waals surface area (Å²) in [5, 5.41) is 3.07. The monoisotopic (exact) mass is 283 g/mol. The number of rotatable bonds is 9. The molecule has 0 bridgehead atoms. The lowest BCUT2D eigenvalue weighted by molar-refractivity contribution is -0.127. The van der Waals surface area contributed by atoms with E-state index in [0.29, 0.717) is 12.6 Å². The summed E-state index contributed by atoms with van der Waals surface area (Å²) in [7, 11) is 0. The number of nitrogens with zero attached hydrogens (tertiary/aromatic N) is 1. The van der Waals surface area contributed by atoms with Crippen LogP contribution in [0.2, 0.25) is 0 Å². The van der Waals surface area contributed by atoms with Gasteiger partial charge in [0.05, 0.1) is 6.04 Å². The van der Waals surface area contributed by atoms with Gasteiger partial charge in [-0.1, -0.05) is 32.6 Å². The lowest BCUT2D eigenvalue weighted by atomic mass is 9.93. The van der Waals surface area contributed by atoms with E-state index in [1.54, 1.807) is 0 Å². The first-order valence-corrected chi connectivity index (χ1v) is 8.44. The van der Waals surface area contributed by atoms with Gasteiger partial charge < -0.3 is 11.1 Å². The Morgan fingerprint density at radius 2 is 2.00 bits per heavy atom. The number of carbonyl (C=O) groups excluding carboxylic acids is 1. The van der Waals surface area contributed by atoms with Crippen molar-refractivity contribution >= 4 is 5.91 Å². The minimum atomic E-state index is -0.0264. The molecule has 0 saturated heterocycles. The van der Waals surface area contributed by atoms with Crippen molar-refractivity contribution in [3.8, 4) is 0 Å². The zero-order valence-electron chi connectivity index (χ0n) is 13.4. The second-order valence-corrected chi connectivity index (χ2v) is 5.99. The summed E-state index contributed by atoms with van der Waals surface area (Å²) in [6.07, 6.45) is 9.57. The normalized spacial score (nSPS) is 18.2. The number of hydrogen-bond donors (Lipinski definition) is 2. The van der Waals surface area contributed by atoms with Crippen molar-refractivity contribution in [2.45, 2.75) is 77.3 Å². The van der Waals surface area contributed by atoms with Crippen LogP contribution in [0.3, 0.4) is 0 Å². The molecule has 0 radical (unpaired) electrons. The summed E-state index contributed by atoms with van der Waals surface area (Å²) < 4.78 is 0. The average Bonchev–Trinajstić information content (AvgIpc) is 2.48. The predicted molar refractivity (Wildman–Crippen MR) is 84.6 cm³/mol. The van der Waals surface area contributed by atoms with Crippen molar-refractivity contribution in [3.05, 3.63) is 0 Å². The van der Waals surface area contributed by atoms with E-state index in [0.717, 1.165) is 32.4 Å². The fourth-order valence-electron chi connectivity index (χ4n) is 3.07. The lowest BCUT2D eigenvalue weighted by Gasteiger charge is -2.38. The molecule has 1 saturated carbocycles. The largest absolute Gasteiger partial charge is 0.355 e. The molecule has 4 nitrogen and oxygen atoms in total. The molecule has 1 rings (SSSR count). The molecule has 4 heteroatoms. The van der Waals surface area contributed by atoms with Crippen LogP contribution in [0.15, 0.2) is 0 Å². The highest BCUT2D eigenvalue weighted by atomic mass is 16.2. The van der Waals surface area contributed by atoms with E-state index in [-0.39, 0.29) is 11.9 Å². The Kier molecular flexibility index (Phi) is 8.86. The summed E-state index contributed by atoms with van der Waals surface area (Å²) >= 11 is 0. The molecule has 0 aromatic carbocycles. The Hall–Kier alpha value is -0.610. The zero-order valence-corrected chi connectivity index (χ0v) is 13.4. The fourth-order valence-corrected chi connectivity index (χ4v) is 3.07. The molecule has 3 N–H and O–H groups in total. The molecular weight excluding hydrogens is 250 g/mol. The van der Waals surface area contributed by atoms with Gasteiger partial charge in [0.1, 0.15) is 0 Å². The lowest BCUT2D eigenvalue weighted by Crippen LogP contribution is -2.51. The number of amides is 1. The van der Waals surface area contributed by atoms with Crippen LogP contribution < -0.4 is 11.1 Å². The van der Waals surface area contributed by atoms with Gasteiger partial charge in [-0.25, -0.2) is 0 Å². The maximum absolute atomic E-state index is 12.3. The highest BCUT2D eigenvalue weighted by molar-refractivity contribution is 5.81. The summed E-state index contributed by atoms with van der Waals surface area (Å²) in [4.78, 5) is 14.7. The minimum absolute atomic E-state index is 0.0264. The smallest absolute Gasteiger partial charge is 0.237 e. The topological polar surface area (TPSA) is 58.4 Å². The van der Waals surface area contributed by atoms with E-state index in [9.17, 15) is 4.79 Å². The molecule has 1 fully saturated rings. The van der Waals surface area contributed by atoms with Crippen molar-refractivity contribution in [1.29, 1.82) is 0 Å². The summed E-state index contributed by atoms with van der Waals surface area (Å²) in [6, 6.07) is 0.545. The van der Waals surface area contributed by atoms with Crippen LogP contribution in [0.4, 0.5) is 0 Å². The number of hydrogen-bond acceptors (Lipinski definition) is 3. The van der Waals surface area contributed by atoms with Crippen LogP contribution >= 0.6 is 0 Å². The molecule has 0 aromatic rings. The van der Waals surface area contributed by atoms with Gasteiger partial charge in [0.2, 0.25) is 5.91 Å². The van der Waals surface area contributed by atoms with E-state index in [1.165, 1.54) is 32.1 Å². The number of nitrogens with one attached hydrogen (secondary N) is 1. The van der Waals surface area contributed by atoms with Gasteiger partial charge in [0.25, 0.3) is 0 Å². The quantitative estimate of drug-likeness (QED) is 0.638. The molecule has 1 atom stereocenters. The van der Waals surface area contributed by atoms with Gasteiger partial charge in [0, 0.05) is 19.1 Å². The number of unbranched alkanes of at least 4 members (excludes halogenated alkanes) is 1. The molecule has 0 heterocycles. The third-order valence-electron chi connectivity index (χ3n) is 4.37. The third-order valence-corrected chi connectivity index (χ3v) is 4.37. The van der Waals surface area contributed by atoms with Gasteiger partial charge >= 0.3 is 0 Å². The first-order valence-electron chi connectivity index (χ1n) is 8.44. The Morgan fingerprint density at radius 1 is 1.30 bits per heavy atom. The highest BCUT2D eigenvalue weighted by Gasteiger charge is 2.28. The highest BCUT2D eigenvalue weighted by Crippen LogP contribution is 2.24. The summed E-state index contributed by atoms with van der Waals surface area (Å²) in [6.45, 7) is 6.64. The van der Waals surface area contributed by atoms with E-state index < -0.39 is 0 Å². The number of nitrogens with two attached hydrogens (primary N) is 1. The molecule has 1 aliphatic carbocycles. The molecule has 1 aliphatic rings. The third kappa shape index (κ3) is 5.80. The van der Waals surface area contributed by atoms with Crippen LogP contribution in [0, 0.1) is 0 Å². The molecule has 1 unspecified atom stereocenters. The van der Waals surface area contributed by atoms with Crippen molar-refractivity contribution < 1.29 is 4.79 Å². The van der Waals surface area contributed by atoms with Crippen molar-refractivity contribution in [2.24, 2.45) is 5.73 Å². The molecule has 0 aliphatic heterocycles. The van der Waals surface area contributed by atoms with E-state index in [1.807, 2.05) is 6.92 Å². The molecular formula is C16H33N3O. The van der Waals surface area contributed by atoms with Crippen LogP contribution in [0.25, 0.3) is 0 Å². The molecule has 0 spiro atoms. The van der Waals surface area contributed by atoms with Crippen molar-refractivity contribution in [1.82, 2.24) is 10.2 Å². The first-order chi connectivity index (χ1) is 9.70. The average molecular weight is 283 g/mol. The van der Waals surface area contributed by atoms with Crippen LogP contribution in [-0.2, 0) is 4.79 Å². The number of carbonyl (C=O) groups is 1. The van der Waals surface area contributed by atoms with Gasteiger partial charge in [-0.15, -0.1) is 0 Å². The SMILES string of the molecule is CCCCNC(=O)C(C)N(CCCN)C1CCCCC1. The maximum Gasteiger partial charge on any atom is 0.237 e. The van der Waals surface area contributed by atoms with Gasteiger partial charge in [-0.3, -0.25) is 9.69 Å². The van der Waals surface area contributed by atoms with Gasteiger partial charge in [-0.05, 0) is 39.2 Å². The fraction of sp³-hybridized carbons (Fsp3) is 0.938. The molecule has 20 heavy (non-hydrogen) atoms. The zero-order chi connectivity index (χ0) is 14.8. The van der Waals surface area contributed by atoms with Crippen LogP contribution in [0.5, 0.6) is 0 Å². The Bertz CT molecular complexity index is 264. The van der Waals surface area contributed by atoms with Crippen molar-refractivity contribution in [2.75, 3.05) is 19.6 Å². The molecule has 118 valence electrons. The molecule has 1 amide bonds. The van der Waals surface area contributed by atoms with Gasteiger partial charge in [-0.2, -0.15) is 0 Å². The van der Waals surface area contributed by atoms with Crippen LogP contribution in [0.1, 0.15) is 65.2 Å². The Balaban J connectivity index is 2.53. The molecule has 0 aromatic heterocycles. The Labute approximate surface area is 124 Å². The van der Waals surface area contributed by atoms with E-state index in [4.69, 9.17) is 5.73 Å². The standard InChI is InChI=1S/C16H33N3O/c1-3-4-12-18-16(20)14(2)19(13-8-11-17)15-9-6-5-7-10-15/h14-15H,3-13,17H2,1-2H3,(H,18,20). The minimum Gasteiger partial charge on any atom is -0.355 e. The van der Waals surface area contributed by atoms with E-state index >= 15 is 0 Å². The predicted octanol–water partition coefficient (Wildman–Crippen LogP) is 2.27. The van der Waals surface area contributed by atoms with Crippen LogP contribution in [-0.4, -0.2) is 42.5 Å². The maximum atomic E-state index is 12.3. The van der Waals surface area contributed by atoms with E-state index in [2.05, 4.69) is 17.1 Å². The van der Waals surface area contributed by atoms with Gasteiger partial charge in [0.15, 0.2) is 0 Å². The first kappa shape index (κ1) is 17.4. The Morgan fingerprint density at radius 3 is 2.60 bits per heavy atom.